The van der Waals surface area contributed by atoms with Gasteiger partial charge in [-0.2, -0.15) is 5.10 Å². The Bertz CT molecular complexity index is 702. The van der Waals surface area contributed by atoms with Gasteiger partial charge in [0, 0.05) is 6.61 Å². The van der Waals surface area contributed by atoms with Crippen LogP contribution >= 0.6 is 0 Å². The zero-order valence-electron chi connectivity index (χ0n) is 15.4. The van der Waals surface area contributed by atoms with Crippen molar-refractivity contribution < 1.29 is 14.2 Å². The molecular weight excluding hydrogens is 330 g/mol. The Kier molecular flexibility index (Phi) is 5.39. The summed E-state index contributed by atoms with van der Waals surface area (Å²) in [4.78, 5) is 4.79. The summed E-state index contributed by atoms with van der Waals surface area (Å²) in [7, 11) is 1.66. The van der Waals surface area contributed by atoms with Gasteiger partial charge in [-0.15, -0.1) is 0 Å². The summed E-state index contributed by atoms with van der Waals surface area (Å²) in [6, 6.07) is 8.03. The van der Waals surface area contributed by atoms with Gasteiger partial charge in [-0.05, 0) is 49.9 Å². The fourth-order valence-corrected chi connectivity index (χ4v) is 3.86. The molecule has 1 aromatic heterocycles. The van der Waals surface area contributed by atoms with E-state index in [0.29, 0.717) is 12.6 Å². The molecule has 1 aliphatic heterocycles. The van der Waals surface area contributed by atoms with Crippen LogP contribution in [0.25, 0.3) is 0 Å². The van der Waals surface area contributed by atoms with Crippen molar-refractivity contribution >= 4 is 0 Å². The molecule has 140 valence electrons. The normalized spacial score (nSPS) is 21.0. The second-order valence-corrected chi connectivity index (χ2v) is 7.09. The van der Waals surface area contributed by atoms with Crippen LogP contribution < -0.4 is 9.47 Å². The second kappa shape index (κ2) is 8.08. The first-order valence-corrected chi connectivity index (χ1v) is 9.67. The van der Waals surface area contributed by atoms with E-state index in [2.05, 4.69) is 4.68 Å². The third-order valence-corrected chi connectivity index (χ3v) is 5.27. The molecule has 0 amide bonds. The van der Waals surface area contributed by atoms with Gasteiger partial charge in [0.05, 0.1) is 13.2 Å². The molecule has 4 rings (SSSR count). The lowest BCUT2D eigenvalue weighted by molar-refractivity contribution is 0.0974. The van der Waals surface area contributed by atoms with Crippen LogP contribution in [0.3, 0.4) is 0 Å². The summed E-state index contributed by atoms with van der Waals surface area (Å²) in [5.74, 6) is 3.33. The maximum absolute atomic E-state index is 5.89. The SMILES string of the molecule is COc1ccc(OCc2nc([C@H]3CCCO3)n(C3CCCCC3)n2)cc1. The third-order valence-electron chi connectivity index (χ3n) is 5.27. The second-order valence-electron chi connectivity index (χ2n) is 7.09. The molecule has 6 heteroatoms. The van der Waals surface area contributed by atoms with Gasteiger partial charge in [0.15, 0.2) is 11.6 Å². The third kappa shape index (κ3) is 3.85. The minimum Gasteiger partial charge on any atom is -0.497 e. The largest absolute Gasteiger partial charge is 0.497 e. The van der Waals surface area contributed by atoms with Gasteiger partial charge in [-0.1, -0.05) is 19.3 Å². The molecule has 2 heterocycles. The number of hydrogen-bond acceptors (Lipinski definition) is 5. The van der Waals surface area contributed by atoms with Crippen LogP contribution in [-0.4, -0.2) is 28.5 Å². The maximum atomic E-state index is 5.89. The van der Waals surface area contributed by atoms with Gasteiger partial charge in [0.25, 0.3) is 0 Å². The van der Waals surface area contributed by atoms with E-state index in [-0.39, 0.29) is 6.10 Å². The van der Waals surface area contributed by atoms with Crippen LogP contribution in [0.4, 0.5) is 0 Å². The average Bonchev–Trinajstić information content (AvgIpc) is 3.37. The van der Waals surface area contributed by atoms with Crippen molar-refractivity contribution in [1.29, 1.82) is 0 Å². The molecule has 2 fully saturated rings. The van der Waals surface area contributed by atoms with Crippen LogP contribution in [0.2, 0.25) is 0 Å². The topological polar surface area (TPSA) is 58.4 Å². The van der Waals surface area contributed by atoms with E-state index in [9.17, 15) is 0 Å². The van der Waals surface area contributed by atoms with Gasteiger partial charge in [-0.3, -0.25) is 0 Å². The highest BCUT2D eigenvalue weighted by Gasteiger charge is 2.28. The van der Waals surface area contributed by atoms with Crippen molar-refractivity contribution in [3.63, 3.8) is 0 Å². The lowest BCUT2D eigenvalue weighted by atomic mass is 9.95. The molecular formula is C20H27N3O3. The van der Waals surface area contributed by atoms with Crippen LogP contribution in [-0.2, 0) is 11.3 Å². The van der Waals surface area contributed by atoms with Crippen LogP contribution in [0.1, 0.15) is 68.7 Å². The molecule has 6 nitrogen and oxygen atoms in total. The Morgan fingerprint density at radius 2 is 1.81 bits per heavy atom. The summed E-state index contributed by atoms with van der Waals surface area (Å²) in [5.41, 5.74) is 0. The van der Waals surface area contributed by atoms with E-state index < -0.39 is 0 Å². The molecule has 0 radical (unpaired) electrons. The lowest BCUT2D eigenvalue weighted by Gasteiger charge is -2.24. The predicted octanol–water partition coefficient (Wildman–Crippen LogP) is 4.22. The molecule has 0 unspecified atom stereocenters. The first-order valence-electron chi connectivity index (χ1n) is 9.67. The maximum Gasteiger partial charge on any atom is 0.188 e. The van der Waals surface area contributed by atoms with E-state index in [0.717, 1.165) is 42.6 Å². The highest BCUT2D eigenvalue weighted by Crippen LogP contribution is 2.33. The van der Waals surface area contributed by atoms with Crippen molar-refractivity contribution in [3.8, 4) is 11.5 Å². The number of aromatic nitrogens is 3. The minimum absolute atomic E-state index is 0.0826. The lowest BCUT2D eigenvalue weighted by Crippen LogP contribution is -2.18. The molecule has 1 saturated heterocycles. The summed E-state index contributed by atoms with van der Waals surface area (Å²) >= 11 is 0. The number of hydrogen-bond donors (Lipinski definition) is 0. The number of ether oxygens (including phenoxy) is 3. The summed E-state index contributed by atoms with van der Waals surface area (Å²) in [5, 5.41) is 4.80. The monoisotopic (exact) mass is 357 g/mol. The molecule has 1 aliphatic carbocycles. The Morgan fingerprint density at radius 1 is 1.04 bits per heavy atom. The van der Waals surface area contributed by atoms with Gasteiger partial charge in [0.2, 0.25) is 0 Å². The highest BCUT2D eigenvalue weighted by molar-refractivity contribution is 5.31. The van der Waals surface area contributed by atoms with Crippen molar-refractivity contribution in [2.24, 2.45) is 0 Å². The van der Waals surface area contributed by atoms with Gasteiger partial charge >= 0.3 is 0 Å². The zero-order chi connectivity index (χ0) is 17.8. The first-order chi connectivity index (χ1) is 12.8. The van der Waals surface area contributed by atoms with Crippen LogP contribution in [0.5, 0.6) is 11.5 Å². The Balaban J connectivity index is 1.49. The zero-order valence-corrected chi connectivity index (χ0v) is 15.4. The molecule has 1 aromatic carbocycles. The van der Waals surface area contributed by atoms with E-state index in [4.69, 9.17) is 24.3 Å². The Labute approximate surface area is 154 Å². The molecule has 26 heavy (non-hydrogen) atoms. The van der Waals surface area contributed by atoms with E-state index in [1.54, 1.807) is 7.11 Å². The van der Waals surface area contributed by atoms with E-state index in [1.165, 1.54) is 32.1 Å². The molecule has 1 atom stereocenters. The fourth-order valence-electron chi connectivity index (χ4n) is 3.86. The Morgan fingerprint density at radius 3 is 2.50 bits per heavy atom. The van der Waals surface area contributed by atoms with Crippen molar-refractivity contribution in [2.75, 3.05) is 13.7 Å². The molecule has 0 N–H and O–H groups in total. The molecule has 1 saturated carbocycles. The van der Waals surface area contributed by atoms with Crippen molar-refractivity contribution in [2.45, 2.75) is 63.7 Å². The molecule has 2 aliphatic rings. The van der Waals surface area contributed by atoms with E-state index >= 15 is 0 Å². The standard InChI is InChI=1S/C20H27N3O3/c1-24-16-9-11-17(12-10-16)26-14-19-21-20(18-8-5-13-25-18)23(22-19)15-6-3-2-4-7-15/h9-12,15,18H,2-8,13-14H2,1H3/t18-/m1/s1. The van der Waals surface area contributed by atoms with E-state index in [1.807, 2.05) is 24.3 Å². The van der Waals surface area contributed by atoms with Gasteiger partial charge in [0.1, 0.15) is 24.2 Å². The first kappa shape index (κ1) is 17.3. The fraction of sp³-hybridized carbons (Fsp3) is 0.600. The van der Waals surface area contributed by atoms with Crippen LogP contribution in [0, 0.1) is 0 Å². The summed E-state index contributed by atoms with van der Waals surface area (Å²) in [6.45, 7) is 1.19. The van der Waals surface area contributed by atoms with Gasteiger partial charge in [-0.25, -0.2) is 9.67 Å². The number of methoxy groups -OCH3 is 1. The quantitative estimate of drug-likeness (QED) is 0.774. The number of benzene rings is 1. The summed E-state index contributed by atoms with van der Waals surface area (Å²) < 4.78 is 19.1. The van der Waals surface area contributed by atoms with Crippen molar-refractivity contribution in [1.82, 2.24) is 14.8 Å². The number of nitrogens with zero attached hydrogens (tertiary/aromatic N) is 3. The summed E-state index contributed by atoms with van der Waals surface area (Å²) in [6.07, 6.45) is 8.45. The Hall–Kier alpha value is -2.08. The molecule has 0 bridgehead atoms. The minimum atomic E-state index is 0.0826. The highest BCUT2D eigenvalue weighted by atomic mass is 16.5. The smallest absolute Gasteiger partial charge is 0.188 e. The predicted molar refractivity (Wildman–Crippen MR) is 97.4 cm³/mol. The molecule has 0 spiro atoms. The van der Waals surface area contributed by atoms with Gasteiger partial charge < -0.3 is 14.2 Å². The molecule has 2 aromatic rings. The van der Waals surface area contributed by atoms with Crippen molar-refractivity contribution in [3.05, 3.63) is 35.9 Å². The average molecular weight is 357 g/mol. The van der Waals surface area contributed by atoms with Crippen LogP contribution in [0.15, 0.2) is 24.3 Å². The number of rotatable bonds is 6.